The minimum atomic E-state index is -0.799. The maximum atomic E-state index is 11.4. The first-order chi connectivity index (χ1) is 11.3. The fraction of sp³-hybridized carbons (Fsp3) is 0.118. The van der Waals surface area contributed by atoms with E-state index in [2.05, 4.69) is 21.8 Å². The largest absolute Gasteiger partial charge is 0.391 e. The van der Waals surface area contributed by atoms with Crippen molar-refractivity contribution < 1.29 is 4.79 Å². The smallest absolute Gasteiger partial charge is 0.255 e. The number of hydrogen-bond donors (Lipinski definition) is 3. The molecule has 0 bridgehead atoms. The molecule has 0 spiro atoms. The molecule has 0 fully saturated rings. The third kappa shape index (κ3) is 3.65. The highest BCUT2D eigenvalue weighted by Crippen LogP contribution is 2.23. The van der Waals surface area contributed by atoms with Crippen molar-refractivity contribution >= 4 is 34.2 Å². The lowest BCUT2D eigenvalue weighted by Crippen LogP contribution is -2.29. The number of primary amides is 1. The number of rotatable bonds is 2. The summed E-state index contributed by atoms with van der Waals surface area (Å²) in [6.45, 7) is 1.95. The van der Waals surface area contributed by atoms with Gasteiger partial charge in [-0.05, 0) is 36.6 Å². The molecule has 0 aliphatic carbocycles. The third-order valence-electron chi connectivity index (χ3n) is 3.25. The van der Waals surface area contributed by atoms with E-state index in [1.807, 2.05) is 13.0 Å². The summed E-state index contributed by atoms with van der Waals surface area (Å²) in [7, 11) is 1.42. The zero-order valence-electron chi connectivity index (χ0n) is 13.2. The molecule has 0 aliphatic rings. The van der Waals surface area contributed by atoms with Gasteiger partial charge in [-0.2, -0.15) is 0 Å². The highest BCUT2D eigenvalue weighted by atomic mass is 35.5. The molecule has 6 nitrogen and oxygen atoms in total. The van der Waals surface area contributed by atoms with Crippen LogP contribution in [-0.4, -0.2) is 23.8 Å². The average Bonchev–Trinajstić information content (AvgIpc) is 2.52. The van der Waals surface area contributed by atoms with Gasteiger partial charge in [0.25, 0.3) is 5.91 Å². The van der Waals surface area contributed by atoms with Gasteiger partial charge < -0.3 is 17.2 Å². The molecule has 1 aromatic heterocycles. The van der Waals surface area contributed by atoms with Crippen molar-refractivity contribution in [3.8, 4) is 11.8 Å². The van der Waals surface area contributed by atoms with E-state index in [1.165, 1.54) is 7.05 Å². The van der Waals surface area contributed by atoms with E-state index in [1.54, 1.807) is 18.3 Å². The number of aromatic nitrogens is 1. The van der Waals surface area contributed by atoms with Crippen LogP contribution in [0, 0.1) is 18.8 Å². The second kappa shape index (κ2) is 7.02. The molecule has 1 aromatic carbocycles. The van der Waals surface area contributed by atoms with Gasteiger partial charge in [0.15, 0.2) is 0 Å². The molecule has 0 radical (unpaired) electrons. The molecule has 0 saturated carbocycles. The van der Waals surface area contributed by atoms with E-state index in [4.69, 9.17) is 28.8 Å². The molecule has 1 heterocycles. The number of aliphatic imine (C=N–C) groups is 1. The summed E-state index contributed by atoms with van der Waals surface area (Å²) in [6, 6.07) is 5.50. The van der Waals surface area contributed by atoms with Crippen LogP contribution in [0.1, 0.15) is 11.1 Å². The van der Waals surface area contributed by atoms with Crippen molar-refractivity contribution in [1.82, 2.24) is 4.98 Å². The Labute approximate surface area is 144 Å². The SMILES string of the molecule is CN=C(N)/C(C(N)=O)=C(\N)C#Cc1cc2ncc(C)cc2cc1Cl. The number of amides is 1. The topological polar surface area (TPSA) is 120 Å². The van der Waals surface area contributed by atoms with Gasteiger partial charge in [0.2, 0.25) is 0 Å². The van der Waals surface area contributed by atoms with Crippen LogP contribution in [0.3, 0.4) is 0 Å². The lowest BCUT2D eigenvalue weighted by molar-refractivity contribution is -0.114. The lowest BCUT2D eigenvalue weighted by Gasteiger charge is -2.04. The van der Waals surface area contributed by atoms with Crippen LogP contribution in [0.2, 0.25) is 5.02 Å². The summed E-state index contributed by atoms with van der Waals surface area (Å²) >= 11 is 6.24. The van der Waals surface area contributed by atoms with Crippen LogP contribution < -0.4 is 17.2 Å². The zero-order valence-corrected chi connectivity index (χ0v) is 14.0. The van der Waals surface area contributed by atoms with E-state index in [0.717, 1.165) is 16.5 Å². The molecule has 0 saturated heterocycles. The molecule has 24 heavy (non-hydrogen) atoms. The first-order valence-corrected chi connectivity index (χ1v) is 7.31. The van der Waals surface area contributed by atoms with Crippen molar-refractivity contribution in [3.63, 3.8) is 0 Å². The van der Waals surface area contributed by atoms with E-state index >= 15 is 0 Å². The van der Waals surface area contributed by atoms with E-state index in [9.17, 15) is 4.79 Å². The second-order valence-electron chi connectivity index (χ2n) is 5.05. The molecule has 0 unspecified atom stereocenters. The molecule has 122 valence electrons. The number of amidine groups is 1. The first kappa shape index (κ1) is 17.3. The van der Waals surface area contributed by atoms with Crippen molar-refractivity contribution in [2.75, 3.05) is 7.05 Å². The Kier molecular flexibility index (Phi) is 5.07. The molecule has 6 N–H and O–H groups in total. The Morgan fingerprint density at radius 2 is 1.96 bits per heavy atom. The van der Waals surface area contributed by atoms with Gasteiger partial charge >= 0.3 is 0 Å². The highest BCUT2D eigenvalue weighted by Gasteiger charge is 2.13. The van der Waals surface area contributed by atoms with Crippen LogP contribution in [0.15, 0.2) is 40.7 Å². The number of halogens is 1. The van der Waals surface area contributed by atoms with E-state index in [0.29, 0.717) is 10.6 Å². The molecule has 1 amide bonds. The van der Waals surface area contributed by atoms with Crippen molar-refractivity contribution in [2.24, 2.45) is 22.2 Å². The molecule has 2 aromatic rings. The summed E-state index contributed by atoms with van der Waals surface area (Å²) in [5.41, 5.74) is 18.8. The van der Waals surface area contributed by atoms with Gasteiger partial charge in [0.05, 0.1) is 16.2 Å². The number of nitrogens with two attached hydrogens (primary N) is 3. The number of hydrogen-bond acceptors (Lipinski definition) is 4. The van der Waals surface area contributed by atoms with Gasteiger partial charge in [0, 0.05) is 24.2 Å². The number of carbonyl (C=O) groups excluding carboxylic acids is 1. The van der Waals surface area contributed by atoms with Crippen LogP contribution >= 0.6 is 11.6 Å². The van der Waals surface area contributed by atoms with E-state index in [-0.39, 0.29) is 17.1 Å². The Morgan fingerprint density at radius 1 is 1.25 bits per heavy atom. The maximum Gasteiger partial charge on any atom is 0.255 e. The Bertz CT molecular complexity index is 951. The molecule has 0 atom stereocenters. The lowest BCUT2D eigenvalue weighted by atomic mass is 10.1. The van der Waals surface area contributed by atoms with E-state index < -0.39 is 5.91 Å². The fourth-order valence-corrected chi connectivity index (χ4v) is 2.28. The summed E-state index contributed by atoms with van der Waals surface area (Å²) in [5.74, 6) is 4.58. The normalized spacial score (nSPS) is 12.4. The number of pyridine rings is 1. The number of aryl methyl sites for hydroxylation is 1. The monoisotopic (exact) mass is 341 g/mol. The Morgan fingerprint density at radius 3 is 2.58 bits per heavy atom. The molecule has 0 aliphatic heterocycles. The summed E-state index contributed by atoms with van der Waals surface area (Å²) in [6.07, 6.45) is 1.76. The van der Waals surface area contributed by atoms with Crippen molar-refractivity contribution in [3.05, 3.63) is 51.8 Å². The summed E-state index contributed by atoms with van der Waals surface area (Å²) < 4.78 is 0. The van der Waals surface area contributed by atoms with Crippen molar-refractivity contribution in [2.45, 2.75) is 6.92 Å². The van der Waals surface area contributed by atoms with Gasteiger partial charge in [-0.1, -0.05) is 17.5 Å². The van der Waals surface area contributed by atoms with Crippen LogP contribution in [0.25, 0.3) is 10.9 Å². The second-order valence-corrected chi connectivity index (χ2v) is 5.46. The molecular formula is C17H16ClN5O. The Balaban J connectivity index is 2.54. The van der Waals surface area contributed by atoms with Crippen LogP contribution in [0.5, 0.6) is 0 Å². The summed E-state index contributed by atoms with van der Waals surface area (Å²) in [5, 5.41) is 1.36. The van der Waals surface area contributed by atoms with Gasteiger partial charge in [-0.15, -0.1) is 0 Å². The van der Waals surface area contributed by atoms with Crippen molar-refractivity contribution in [1.29, 1.82) is 0 Å². The molecule has 2 rings (SSSR count). The fourth-order valence-electron chi connectivity index (χ4n) is 2.06. The van der Waals surface area contributed by atoms with Gasteiger partial charge in [0.1, 0.15) is 11.4 Å². The predicted octanol–water partition coefficient (Wildman–Crippen LogP) is 1.23. The Hall–Kier alpha value is -3.04. The number of allylic oxidation sites excluding steroid dienone is 1. The number of benzene rings is 1. The average molecular weight is 342 g/mol. The minimum Gasteiger partial charge on any atom is -0.391 e. The summed E-state index contributed by atoms with van der Waals surface area (Å²) in [4.78, 5) is 19.5. The number of nitrogens with zero attached hydrogens (tertiary/aromatic N) is 2. The number of fused-ring (bicyclic) bond motifs is 1. The standard InChI is InChI=1S/C17H16ClN5O/c1-9-5-11-6-12(18)10(7-14(11)23-8-9)3-4-13(19)15(17(21)24)16(20)22-2/h5-8H,19H2,1-2H3,(H2,20,22)(H2,21,24)/b15-13+. The quantitative estimate of drug-likeness (QED) is 0.329. The highest BCUT2D eigenvalue weighted by molar-refractivity contribution is 6.32. The molecule has 7 heteroatoms. The van der Waals surface area contributed by atoms with Gasteiger partial charge in [-0.3, -0.25) is 14.8 Å². The van der Waals surface area contributed by atoms with Gasteiger partial charge in [-0.25, -0.2) is 0 Å². The van der Waals surface area contributed by atoms with Crippen LogP contribution in [-0.2, 0) is 4.79 Å². The predicted molar refractivity (Wildman–Crippen MR) is 96.3 cm³/mol. The van der Waals surface area contributed by atoms with Crippen LogP contribution in [0.4, 0.5) is 0 Å². The molecular weight excluding hydrogens is 326 g/mol. The first-order valence-electron chi connectivity index (χ1n) is 6.93. The minimum absolute atomic E-state index is 0.0707. The third-order valence-corrected chi connectivity index (χ3v) is 3.56. The zero-order chi connectivity index (χ0) is 17.9. The number of carbonyl (C=O) groups is 1. The maximum absolute atomic E-state index is 11.4.